The molecular formula is C14H21N3O3. The maximum Gasteiger partial charge on any atom is 0.292 e. The predicted molar refractivity (Wildman–Crippen MR) is 79.1 cm³/mol. The van der Waals surface area contributed by atoms with Crippen LogP contribution in [0.4, 0.5) is 11.4 Å². The van der Waals surface area contributed by atoms with E-state index < -0.39 is 4.92 Å². The van der Waals surface area contributed by atoms with Crippen LogP contribution in [0.15, 0.2) is 18.2 Å². The minimum absolute atomic E-state index is 0.0403. The van der Waals surface area contributed by atoms with Crippen molar-refractivity contribution in [1.29, 1.82) is 0 Å². The lowest BCUT2D eigenvalue weighted by molar-refractivity contribution is -0.383. The van der Waals surface area contributed by atoms with Gasteiger partial charge in [-0.25, -0.2) is 0 Å². The summed E-state index contributed by atoms with van der Waals surface area (Å²) >= 11 is 0. The van der Waals surface area contributed by atoms with Gasteiger partial charge in [0.05, 0.1) is 4.92 Å². The number of benzene rings is 1. The lowest BCUT2D eigenvalue weighted by atomic mass is 9.98. The van der Waals surface area contributed by atoms with Gasteiger partial charge < -0.3 is 10.2 Å². The molecule has 0 spiro atoms. The highest BCUT2D eigenvalue weighted by molar-refractivity contribution is 5.96. The topological polar surface area (TPSA) is 75.5 Å². The molecule has 0 unspecified atom stereocenters. The first-order valence-electron chi connectivity index (χ1n) is 6.49. The third-order valence-electron chi connectivity index (χ3n) is 3.79. The first kappa shape index (κ1) is 15.9. The van der Waals surface area contributed by atoms with Crippen LogP contribution >= 0.6 is 0 Å². The van der Waals surface area contributed by atoms with E-state index in [1.165, 1.54) is 18.2 Å². The van der Waals surface area contributed by atoms with Gasteiger partial charge in [0.25, 0.3) is 11.6 Å². The van der Waals surface area contributed by atoms with E-state index in [2.05, 4.69) is 5.32 Å². The van der Waals surface area contributed by atoms with Gasteiger partial charge >= 0.3 is 0 Å². The Balaban J connectivity index is 3.15. The molecule has 0 heterocycles. The smallest absolute Gasteiger partial charge is 0.292 e. The Kier molecular flexibility index (Phi) is 4.70. The number of amides is 1. The predicted octanol–water partition coefficient (Wildman–Crippen LogP) is 2.90. The summed E-state index contributed by atoms with van der Waals surface area (Å²) in [6.07, 6.45) is 0.821. The zero-order valence-corrected chi connectivity index (χ0v) is 12.6. The van der Waals surface area contributed by atoms with Crippen LogP contribution in [0.5, 0.6) is 0 Å². The van der Waals surface area contributed by atoms with Gasteiger partial charge in [0.2, 0.25) is 0 Å². The van der Waals surface area contributed by atoms with Crippen molar-refractivity contribution in [3.8, 4) is 0 Å². The largest absolute Gasteiger partial charge is 0.383 e. The van der Waals surface area contributed by atoms with Crippen molar-refractivity contribution in [3.63, 3.8) is 0 Å². The average molecular weight is 279 g/mol. The highest BCUT2D eigenvalue weighted by Crippen LogP contribution is 2.27. The van der Waals surface area contributed by atoms with Crippen molar-refractivity contribution < 1.29 is 9.72 Å². The van der Waals surface area contributed by atoms with Crippen molar-refractivity contribution >= 4 is 17.3 Å². The fraction of sp³-hybridized carbons (Fsp3) is 0.500. The highest BCUT2D eigenvalue weighted by atomic mass is 16.6. The van der Waals surface area contributed by atoms with E-state index in [4.69, 9.17) is 0 Å². The lowest BCUT2D eigenvalue weighted by Gasteiger charge is -2.35. The first-order valence-corrected chi connectivity index (χ1v) is 6.49. The Morgan fingerprint density at radius 3 is 2.50 bits per heavy atom. The number of rotatable bonds is 5. The molecule has 0 bridgehead atoms. The molecule has 0 atom stereocenters. The highest BCUT2D eigenvalue weighted by Gasteiger charge is 2.27. The number of nitro benzene ring substituents is 1. The van der Waals surface area contributed by atoms with Gasteiger partial charge in [0, 0.05) is 31.3 Å². The third-order valence-corrected chi connectivity index (χ3v) is 3.79. The normalized spacial score (nSPS) is 11.1. The van der Waals surface area contributed by atoms with Crippen LogP contribution in [0.2, 0.25) is 0 Å². The standard InChI is InChI=1S/C14H21N3O3/c1-6-14(2,3)16(5)13(18)10-7-8-12(17(19)20)11(9-10)15-4/h7-9,15H,6H2,1-5H3. The van der Waals surface area contributed by atoms with Gasteiger partial charge in [-0.15, -0.1) is 0 Å². The Morgan fingerprint density at radius 2 is 2.05 bits per heavy atom. The molecular weight excluding hydrogens is 258 g/mol. The van der Waals surface area contributed by atoms with Gasteiger partial charge in [-0.05, 0) is 32.4 Å². The number of carbonyl (C=O) groups excluding carboxylic acids is 1. The van der Waals surface area contributed by atoms with Crippen LogP contribution in [0, 0.1) is 10.1 Å². The molecule has 1 rings (SSSR count). The molecule has 6 heteroatoms. The van der Waals surface area contributed by atoms with Crippen LogP contribution in [0.25, 0.3) is 0 Å². The van der Waals surface area contributed by atoms with E-state index in [0.717, 1.165) is 6.42 Å². The van der Waals surface area contributed by atoms with Crippen LogP contribution < -0.4 is 5.32 Å². The van der Waals surface area contributed by atoms with Gasteiger partial charge in [-0.1, -0.05) is 6.92 Å². The molecule has 1 N–H and O–H groups in total. The van der Waals surface area contributed by atoms with Gasteiger partial charge in [0.1, 0.15) is 5.69 Å². The van der Waals surface area contributed by atoms with E-state index in [1.807, 2.05) is 20.8 Å². The fourth-order valence-corrected chi connectivity index (χ4v) is 1.73. The first-order chi connectivity index (χ1) is 9.24. The molecule has 20 heavy (non-hydrogen) atoms. The number of anilines is 1. The van der Waals surface area contributed by atoms with Gasteiger partial charge in [-0.3, -0.25) is 14.9 Å². The zero-order chi connectivity index (χ0) is 15.5. The van der Waals surface area contributed by atoms with Crippen LogP contribution in [0.1, 0.15) is 37.6 Å². The summed E-state index contributed by atoms with van der Waals surface area (Å²) < 4.78 is 0. The van der Waals surface area contributed by atoms with Crippen molar-refractivity contribution in [1.82, 2.24) is 4.90 Å². The minimum atomic E-state index is -0.472. The number of nitro groups is 1. The quantitative estimate of drug-likeness (QED) is 0.664. The van der Waals surface area contributed by atoms with E-state index in [1.54, 1.807) is 19.0 Å². The zero-order valence-electron chi connectivity index (χ0n) is 12.6. The minimum Gasteiger partial charge on any atom is -0.383 e. The molecule has 0 aliphatic heterocycles. The van der Waals surface area contributed by atoms with E-state index in [0.29, 0.717) is 11.3 Å². The summed E-state index contributed by atoms with van der Waals surface area (Å²) in [5.74, 6) is -0.150. The Bertz CT molecular complexity index is 526. The molecule has 0 aromatic heterocycles. The number of carbonyl (C=O) groups is 1. The molecule has 1 amide bonds. The number of nitrogens with one attached hydrogen (secondary N) is 1. The fourth-order valence-electron chi connectivity index (χ4n) is 1.73. The molecule has 110 valence electrons. The average Bonchev–Trinajstić information content (AvgIpc) is 2.44. The van der Waals surface area contributed by atoms with Crippen molar-refractivity contribution in [2.75, 3.05) is 19.4 Å². The van der Waals surface area contributed by atoms with Crippen LogP contribution in [-0.4, -0.2) is 35.4 Å². The Hall–Kier alpha value is -2.11. The number of nitrogens with zero attached hydrogens (tertiary/aromatic N) is 2. The number of hydrogen-bond acceptors (Lipinski definition) is 4. The summed E-state index contributed by atoms with van der Waals surface area (Å²) in [5.41, 5.74) is 0.465. The molecule has 0 fully saturated rings. The summed E-state index contributed by atoms with van der Waals surface area (Å²) in [7, 11) is 3.34. The maximum absolute atomic E-state index is 12.4. The summed E-state index contributed by atoms with van der Waals surface area (Å²) in [4.78, 5) is 24.5. The third kappa shape index (κ3) is 3.07. The molecule has 6 nitrogen and oxygen atoms in total. The second-order valence-electron chi connectivity index (χ2n) is 5.27. The lowest BCUT2D eigenvalue weighted by Crippen LogP contribution is -2.44. The van der Waals surface area contributed by atoms with Crippen molar-refractivity contribution in [2.24, 2.45) is 0 Å². The molecule has 1 aromatic carbocycles. The van der Waals surface area contributed by atoms with Gasteiger partial charge in [-0.2, -0.15) is 0 Å². The Labute approximate surface area is 118 Å². The van der Waals surface area contributed by atoms with Crippen LogP contribution in [0.3, 0.4) is 0 Å². The second-order valence-corrected chi connectivity index (χ2v) is 5.27. The van der Waals surface area contributed by atoms with Crippen molar-refractivity contribution in [2.45, 2.75) is 32.7 Å². The molecule has 0 saturated heterocycles. The summed E-state index contributed by atoms with van der Waals surface area (Å²) in [6, 6.07) is 4.36. The molecule has 0 radical (unpaired) electrons. The summed E-state index contributed by atoms with van der Waals surface area (Å²) in [6.45, 7) is 5.98. The molecule has 0 aliphatic carbocycles. The Morgan fingerprint density at radius 1 is 1.45 bits per heavy atom. The molecule has 0 aliphatic rings. The molecule has 0 saturated carbocycles. The molecule has 1 aromatic rings. The number of hydrogen-bond donors (Lipinski definition) is 1. The monoisotopic (exact) mass is 279 g/mol. The van der Waals surface area contributed by atoms with E-state index in [9.17, 15) is 14.9 Å². The van der Waals surface area contributed by atoms with Crippen molar-refractivity contribution in [3.05, 3.63) is 33.9 Å². The SMILES string of the molecule is CCC(C)(C)N(C)C(=O)c1ccc([N+](=O)[O-])c(NC)c1. The summed E-state index contributed by atoms with van der Waals surface area (Å²) in [5, 5.41) is 13.6. The second kappa shape index (κ2) is 5.90. The van der Waals surface area contributed by atoms with E-state index in [-0.39, 0.29) is 17.1 Å². The van der Waals surface area contributed by atoms with Gasteiger partial charge in [0.15, 0.2) is 0 Å². The van der Waals surface area contributed by atoms with Crippen LogP contribution in [-0.2, 0) is 0 Å². The van der Waals surface area contributed by atoms with E-state index >= 15 is 0 Å². The maximum atomic E-state index is 12.4.